The highest BCUT2D eigenvalue weighted by Gasteiger charge is 2.35. The van der Waals surface area contributed by atoms with E-state index in [1.807, 2.05) is 61.5 Å². The van der Waals surface area contributed by atoms with Gasteiger partial charge in [-0.1, -0.05) is 73.3 Å². The van der Waals surface area contributed by atoms with Crippen molar-refractivity contribution < 1.29 is 24.5 Å². The molecule has 1 aliphatic heterocycles. The highest BCUT2D eigenvalue weighted by Crippen LogP contribution is 2.42. The van der Waals surface area contributed by atoms with Crippen LogP contribution in [0.3, 0.4) is 0 Å². The second-order valence-electron chi connectivity index (χ2n) is 8.59. The van der Waals surface area contributed by atoms with E-state index in [0.29, 0.717) is 17.7 Å². The zero-order valence-electron chi connectivity index (χ0n) is 20.3. The quantitative estimate of drug-likeness (QED) is 0.256. The molecule has 1 amide bonds. The summed E-state index contributed by atoms with van der Waals surface area (Å²) in [4.78, 5) is 14.1. The van der Waals surface area contributed by atoms with Crippen LogP contribution in [0.25, 0.3) is 11.1 Å². The average Bonchev–Trinajstić information content (AvgIpc) is 3.30. The van der Waals surface area contributed by atoms with Crippen LogP contribution in [0.15, 0.2) is 97.1 Å². The molecule has 1 saturated heterocycles. The first-order valence-corrected chi connectivity index (χ1v) is 12.9. The number of amides is 1. The van der Waals surface area contributed by atoms with Gasteiger partial charge < -0.3 is 15.3 Å². The molecule has 190 valence electrons. The second kappa shape index (κ2) is 12.0. The molecule has 37 heavy (non-hydrogen) atoms. The number of thioether (sulfide) groups is 1. The van der Waals surface area contributed by atoms with Crippen LogP contribution in [0.1, 0.15) is 36.6 Å². The third kappa shape index (κ3) is 6.31. The number of aliphatic hydroxyl groups excluding tert-OH is 1. The van der Waals surface area contributed by atoms with E-state index >= 15 is 0 Å². The van der Waals surface area contributed by atoms with Crippen molar-refractivity contribution >= 4 is 22.7 Å². The molecule has 5 rings (SSSR count). The lowest BCUT2D eigenvalue weighted by molar-refractivity contribution is 0.173. The number of rotatable bonds is 5. The van der Waals surface area contributed by atoms with E-state index in [2.05, 4.69) is 0 Å². The minimum atomic E-state index is -0.462. The molecule has 2 atom stereocenters. The van der Waals surface area contributed by atoms with Crippen LogP contribution in [0.4, 0.5) is 14.9 Å². The van der Waals surface area contributed by atoms with Gasteiger partial charge in [0.15, 0.2) is 0 Å². The number of halogens is 1. The standard InChI is InChI=1S/C21H17NO3S.C9H11FO/c23-17-10-11-18(20(24)12-17)19-13-26-21(25)22(19)16-8-6-15(7-9-16)14-4-2-1-3-5-14;1-2-9(11)7-3-5-8(10)6-4-7/h1-12,19,23-24H,13H2;3-6,9,11H,2H2,1H3. The molecule has 0 bridgehead atoms. The predicted molar refractivity (Wildman–Crippen MR) is 146 cm³/mol. The maximum Gasteiger partial charge on any atom is 0.286 e. The molecule has 0 aromatic heterocycles. The van der Waals surface area contributed by atoms with Crippen LogP contribution in [0.2, 0.25) is 0 Å². The number of nitrogens with zero attached hydrogens (tertiary/aromatic N) is 1. The Balaban J connectivity index is 0.000000245. The number of phenols is 2. The first-order valence-electron chi connectivity index (χ1n) is 11.9. The maximum atomic E-state index is 12.4. The Labute approximate surface area is 219 Å². The molecule has 4 aromatic rings. The smallest absolute Gasteiger partial charge is 0.286 e. The Hall–Kier alpha value is -3.81. The molecule has 0 aliphatic carbocycles. The molecule has 0 radical (unpaired) electrons. The number of hydrogen-bond donors (Lipinski definition) is 3. The number of carbonyl (C=O) groups is 1. The largest absolute Gasteiger partial charge is 0.508 e. The second-order valence-corrected chi connectivity index (χ2v) is 9.57. The monoisotopic (exact) mass is 517 g/mol. The molecule has 2 unspecified atom stereocenters. The normalized spacial score (nSPS) is 15.7. The SMILES string of the molecule is CCC(O)c1ccc(F)cc1.O=C1SCC(c2ccc(O)cc2O)N1c1ccc(-c2ccccc2)cc1. The first kappa shape index (κ1) is 26.3. The van der Waals surface area contributed by atoms with Crippen LogP contribution in [-0.4, -0.2) is 26.3 Å². The van der Waals surface area contributed by atoms with Crippen molar-refractivity contribution in [3.05, 3.63) is 114 Å². The van der Waals surface area contributed by atoms with Gasteiger partial charge in [0.2, 0.25) is 0 Å². The van der Waals surface area contributed by atoms with Crippen molar-refractivity contribution in [1.29, 1.82) is 0 Å². The number of anilines is 1. The van der Waals surface area contributed by atoms with Crippen molar-refractivity contribution in [2.75, 3.05) is 10.7 Å². The number of phenolic OH excluding ortho intramolecular Hbond substituents is 2. The minimum Gasteiger partial charge on any atom is -0.508 e. The van der Waals surface area contributed by atoms with Gasteiger partial charge in [0, 0.05) is 23.1 Å². The summed E-state index contributed by atoms with van der Waals surface area (Å²) >= 11 is 1.23. The maximum absolute atomic E-state index is 12.4. The van der Waals surface area contributed by atoms with Gasteiger partial charge in [-0.05, 0) is 59.5 Å². The number of aromatic hydroxyl groups is 2. The van der Waals surface area contributed by atoms with E-state index in [9.17, 15) is 24.5 Å². The Kier molecular flexibility index (Phi) is 8.48. The molecular formula is C30H28FNO4S. The fraction of sp³-hybridized carbons (Fsp3) is 0.167. The number of carbonyl (C=O) groups excluding carboxylic acids is 1. The van der Waals surface area contributed by atoms with Gasteiger partial charge >= 0.3 is 0 Å². The molecule has 0 saturated carbocycles. The highest BCUT2D eigenvalue weighted by atomic mass is 32.2. The van der Waals surface area contributed by atoms with Crippen LogP contribution in [0, 0.1) is 5.82 Å². The summed E-state index contributed by atoms with van der Waals surface area (Å²) in [5.74, 6) is 0.285. The predicted octanol–water partition coefficient (Wildman–Crippen LogP) is 7.45. The third-order valence-corrected chi connectivity index (χ3v) is 7.07. The first-order chi connectivity index (χ1) is 17.9. The molecular weight excluding hydrogens is 489 g/mol. The summed E-state index contributed by atoms with van der Waals surface area (Å²) in [6.45, 7) is 1.88. The molecule has 7 heteroatoms. The van der Waals surface area contributed by atoms with Gasteiger partial charge in [-0.2, -0.15) is 0 Å². The summed E-state index contributed by atoms with van der Waals surface area (Å²) in [7, 11) is 0. The Morgan fingerprint density at radius 3 is 2.19 bits per heavy atom. The van der Waals surface area contributed by atoms with Crippen LogP contribution in [0.5, 0.6) is 11.5 Å². The van der Waals surface area contributed by atoms with Crippen molar-refractivity contribution in [2.45, 2.75) is 25.5 Å². The van der Waals surface area contributed by atoms with E-state index in [0.717, 1.165) is 22.4 Å². The molecule has 0 spiro atoms. The number of hydrogen-bond acceptors (Lipinski definition) is 5. The summed E-state index contributed by atoms with van der Waals surface area (Å²) < 4.78 is 12.4. The lowest BCUT2D eigenvalue weighted by Crippen LogP contribution is -2.26. The lowest BCUT2D eigenvalue weighted by atomic mass is 10.0. The molecule has 5 nitrogen and oxygen atoms in total. The zero-order chi connectivity index (χ0) is 26.4. The van der Waals surface area contributed by atoms with Crippen molar-refractivity contribution in [1.82, 2.24) is 0 Å². The van der Waals surface area contributed by atoms with Crippen molar-refractivity contribution in [3.8, 4) is 22.6 Å². The zero-order valence-corrected chi connectivity index (χ0v) is 21.1. The van der Waals surface area contributed by atoms with Gasteiger partial charge in [0.05, 0.1) is 12.1 Å². The Morgan fingerprint density at radius 2 is 1.57 bits per heavy atom. The number of aliphatic hydroxyl groups is 1. The fourth-order valence-corrected chi connectivity index (χ4v) is 5.12. The van der Waals surface area contributed by atoms with Gasteiger partial charge in [0.1, 0.15) is 17.3 Å². The fourth-order valence-electron chi connectivity index (χ4n) is 4.12. The number of benzene rings is 4. The van der Waals surface area contributed by atoms with Crippen LogP contribution >= 0.6 is 11.8 Å². The summed E-state index contributed by atoms with van der Waals surface area (Å²) in [6.07, 6.45) is 0.196. The highest BCUT2D eigenvalue weighted by molar-refractivity contribution is 8.14. The van der Waals surface area contributed by atoms with Crippen molar-refractivity contribution in [3.63, 3.8) is 0 Å². The molecule has 1 aliphatic rings. The third-order valence-electron chi connectivity index (χ3n) is 6.14. The van der Waals surface area contributed by atoms with Gasteiger partial charge in [-0.3, -0.25) is 9.69 Å². The van der Waals surface area contributed by atoms with Crippen LogP contribution in [-0.2, 0) is 0 Å². The van der Waals surface area contributed by atoms with Gasteiger partial charge in [-0.25, -0.2) is 4.39 Å². The van der Waals surface area contributed by atoms with E-state index in [1.54, 1.807) is 23.1 Å². The van der Waals surface area contributed by atoms with E-state index in [4.69, 9.17) is 0 Å². The van der Waals surface area contributed by atoms with Crippen LogP contribution < -0.4 is 4.90 Å². The van der Waals surface area contributed by atoms with E-state index in [-0.39, 0.29) is 28.6 Å². The summed E-state index contributed by atoms with van der Waals surface area (Å²) in [5.41, 5.74) is 4.39. The van der Waals surface area contributed by atoms with E-state index < -0.39 is 6.10 Å². The summed E-state index contributed by atoms with van der Waals surface area (Å²) in [5, 5.41) is 28.9. The van der Waals surface area contributed by atoms with Gasteiger partial charge in [-0.15, -0.1) is 0 Å². The summed E-state index contributed by atoms with van der Waals surface area (Å²) in [6, 6.07) is 28.0. The van der Waals surface area contributed by atoms with E-state index in [1.165, 1.54) is 36.0 Å². The lowest BCUT2D eigenvalue weighted by Gasteiger charge is -2.25. The Bertz CT molecular complexity index is 1330. The molecule has 1 fully saturated rings. The molecule has 1 heterocycles. The Morgan fingerprint density at radius 1 is 0.919 bits per heavy atom. The molecule has 3 N–H and O–H groups in total. The minimum absolute atomic E-state index is 0.00184. The van der Waals surface area contributed by atoms with Gasteiger partial charge in [0.25, 0.3) is 5.24 Å². The molecule has 4 aromatic carbocycles. The van der Waals surface area contributed by atoms with Crippen molar-refractivity contribution in [2.24, 2.45) is 0 Å². The average molecular weight is 518 g/mol. The topological polar surface area (TPSA) is 81.0 Å².